The van der Waals surface area contributed by atoms with Gasteiger partial charge in [-0.3, -0.25) is 0 Å². The lowest BCUT2D eigenvalue weighted by molar-refractivity contribution is 1.15. The zero-order chi connectivity index (χ0) is 12.1. The lowest BCUT2D eigenvalue weighted by Crippen LogP contribution is -1.93. The molecule has 0 radical (unpaired) electrons. The first kappa shape index (κ1) is 12.1. The van der Waals surface area contributed by atoms with Crippen molar-refractivity contribution >= 4 is 17.4 Å². The molecule has 2 N–H and O–H groups in total. The van der Waals surface area contributed by atoms with Crippen molar-refractivity contribution in [2.75, 3.05) is 11.5 Å². The summed E-state index contributed by atoms with van der Waals surface area (Å²) in [7, 11) is 0. The summed E-state index contributed by atoms with van der Waals surface area (Å²) in [6, 6.07) is 16.7. The van der Waals surface area contributed by atoms with E-state index in [2.05, 4.69) is 43.3 Å². The molecule has 0 aliphatic rings. The molecule has 0 aromatic heterocycles. The van der Waals surface area contributed by atoms with Gasteiger partial charge in [-0.1, -0.05) is 36.4 Å². The molecule has 2 aromatic rings. The van der Waals surface area contributed by atoms with Crippen LogP contribution in [0.3, 0.4) is 0 Å². The molecule has 0 aliphatic carbocycles. The van der Waals surface area contributed by atoms with E-state index in [1.165, 1.54) is 16.0 Å². The summed E-state index contributed by atoms with van der Waals surface area (Å²) in [5.41, 5.74) is 9.36. The van der Waals surface area contributed by atoms with Crippen molar-refractivity contribution in [1.82, 2.24) is 0 Å². The minimum absolute atomic E-state index is 0.884. The third-order valence-corrected chi connectivity index (χ3v) is 3.98. The molecule has 0 fully saturated rings. The highest BCUT2D eigenvalue weighted by atomic mass is 32.2. The van der Waals surface area contributed by atoms with E-state index in [1.807, 2.05) is 23.9 Å². The molecule has 2 rings (SSSR count). The third-order valence-electron chi connectivity index (χ3n) is 2.82. The van der Waals surface area contributed by atoms with Gasteiger partial charge in [-0.15, -0.1) is 11.8 Å². The van der Waals surface area contributed by atoms with Gasteiger partial charge in [0.05, 0.1) is 0 Å². The summed E-state index contributed by atoms with van der Waals surface area (Å²) in [6.45, 7) is 2.08. The molecule has 0 unspecified atom stereocenters. The van der Waals surface area contributed by atoms with Crippen LogP contribution in [-0.2, 0) is 6.42 Å². The first-order valence-electron chi connectivity index (χ1n) is 5.79. The Hall–Kier alpha value is -1.41. The Labute approximate surface area is 107 Å². The summed E-state index contributed by atoms with van der Waals surface area (Å²) < 4.78 is 0. The van der Waals surface area contributed by atoms with E-state index < -0.39 is 0 Å². The van der Waals surface area contributed by atoms with Crippen LogP contribution in [-0.4, -0.2) is 5.75 Å². The number of rotatable bonds is 4. The van der Waals surface area contributed by atoms with Gasteiger partial charge in [-0.25, -0.2) is 0 Å². The van der Waals surface area contributed by atoms with Crippen molar-refractivity contribution in [2.45, 2.75) is 18.2 Å². The molecule has 0 bridgehead atoms. The van der Waals surface area contributed by atoms with Crippen LogP contribution < -0.4 is 5.73 Å². The molecule has 0 saturated heterocycles. The Morgan fingerprint density at radius 3 is 2.53 bits per heavy atom. The number of aryl methyl sites for hydroxylation is 1. The van der Waals surface area contributed by atoms with Gasteiger partial charge in [0.1, 0.15) is 0 Å². The fourth-order valence-corrected chi connectivity index (χ4v) is 2.78. The molecule has 0 atom stereocenters. The molecule has 1 nitrogen and oxygen atoms in total. The Balaban J connectivity index is 1.93. The number of hydrogen-bond acceptors (Lipinski definition) is 2. The van der Waals surface area contributed by atoms with Gasteiger partial charge in [0.2, 0.25) is 0 Å². The molecule has 0 aliphatic heterocycles. The number of nitrogen functional groups attached to an aromatic ring is 1. The normalized spacial score (nSPS) is 10.4. The molecule has 17 heavy (non-hydrogen) atoms. The maximum Gasteiger partial charge on any atom is 0.0354 e. The van der Waals surface area contributed by atoms with Crippen LogP contribution in [0.15, 0.2) is 53.4 Å². The number of nitrogens with two attached hydrogens (primary N) is 1. The molecule has 0 heterocycles. The summed E-state index contributed by atoms with van der Waals surface area (Å²) in [6.07, 6.45) is 1.10. The molecule has 0 spiro atoms. The minimum Gasteiger partial charge on any atom is -0.398 e. The van der Waals surface area contributed by atoms with E-state index in [-0.39, 0.29) is 0 Å². The fraction of sp³-hybridized carbons (Fsp3) is 0.200. The van der Waals surface area contributed by atoms with Crippen LogP contribution in [0.2, 0.25) is 0 Å². The first-order chi connectivity index (χ1) is 8.27. The van der Waals surface area contributed by atoms with Crippen molar-refractivity contribution in [1.29, 1.82) is 0 Å². The number of benzene rings is 2. The Morgan fingerprint density at radius 2 is 1.76 bits per heavy atom. The van der Waals surface area contributed by atoms with E-state index in [1.54, 1.807) is 0 Å². The van der Waals surface area contributed by atoms with Crippen molar-refractivity contribution in [3.05, 3.63) is 59.7 Å². The molecular formula is C15H17NS. The van der Waals surface area contributed by atoms with Gasteiger partial charge >= 0.3 is 0 Å². The first-order valence-corrected chi connectivity index (χ1v) is 6.78. The highest BCUT2D eigenvalue weighted by Crippen LogP contribution is 2.26. The van der Waals surface area contributed by atoms with Crippen LogP contribution in [0, 0.1) is 6.92 Å². The largest absolute Gasteiger partial charge is 0.398 e. The van der Waals surface area contributed by atoms with Crippen molar-refractivity contribution in [2.24, 2.45) is 0 Å². The highest BCUT2D eigenvalue weighted by Gasteiger charge is 2.01. The maximum absolute atomic E-state index is 5.89. The standard InChI is InChI=1S/C15H17NS/c1-12-14(16)8-5-9-15(12)17-11-10-13-6-3-2-4-7-13/h2-9H,10-11,16H2,1H3. The summed E-state index contributed by atoms with van der Waals surface area (Å²) in [5, 5.41) is 0. The Kier molecular flexibility index (Phi) is 4.10. The topological polar surface area (TPSA) is 26.0 Å². The van der Waals surface area contributed by atoms with Gasteiger partial charge < -0.3 is 5.73 Å². The third kappa shape index (κ3) is 3.27. The monoisotopic (exact) mass is 243 g/mol. The predicted molar refractivity (Wildman–Crippen MR) is 76.5 cm³/mol. The molecule has 0 amide bonds. The van der Waals surface area contributed by atoms with E-state index >= 15 is 0 Å². The van der Waals surface area contributed by atoms with E-state index in [0.717, 1.165) is 17.9 Å². The minimum atomic E-state index is 0.884. The van der Waals surface area contributed by atoms with Gasteiger partial charge in [-0.05, 0) is 36.6 Å². The van der Waals surface area contributed by atoms with Gasteiger partial charge in [0, 0.05) is 16.3 Å². The predicted octanol–water partition coefficient (Wildman–Crippen LogP) is 3.91. The SMILES string of the molecule is Cc1c(N)cccc1SCCc1ccccc1. The average molecular weight is 243 g/mol. The molecule has 0 saturated carbocycles. The molecule has 88 valence electrons. The highest BCUT2D eigenvalue weighted by molar-refractivity contribution is 7.99. The van der Waals surface area contributed by atoms with Crippen LogP contribution in [0.5, 0.6) is 0 Å². The number of hydrogen-bond donors (Lipinski definition) is 1. The quantitative estimate of drug-likeness (QED) is 0.651. The lowest BCUT2D eigenvalue weighted by Gasteiger charge is -2.07. The number of anilines is 1. The van der Waals surface area contributed by atoms with E-state index in [4.69, 9.17) is 5.73 Å². The second-order valence-corrected chi connectivity index (χ2v) is 5.19. The van der Waals surface area contributed by atoms with Gasteiger partial charge in [0.15, 0.2) is 0 Å². The summed E-state index contributed by atoms with van der Waals surface area (Å²) in [4.78, 5) is 1.29. The Morgan fingerprint density at radius 1 is 1.00 bits per heavy atom. The van der Waals surface area contributed by atoms with Gasteiger partial charge in [0.25, 0.3) is 0 Å². The molecule has 2 aromatic carbocycles. The summed E-state index contributed by atoms with van der Waals surface area (Å²) in [5.74, 6) is 1.09. The van der Waals surface area contributed by atoms with Crippen LogP contribution in [0.4, 0.5) is 5.69 Å². The fourth-order valence-electron chi connectivity index (χ4n) is 1.71. The van der Waals surface area contributed by atoms with Crippen LogP contribution >= 0.6 is 11.8 Å². The molecular weight excluding hydrogens is 226 g/mol. The van der Waals surface area contributed by atoms with Gasteiger partial charge in [-0.2, -0.15) is 0 Å². The van der Waals surface area contributed by atoms with Crippen molar-refractivity contribution in [3.8, 4) is 0 Å². The van der Waals surface area contributed by atoms with E-state index in [9.17, 15) is 0 Å². The number of thioether (sulfide) groups is 1. The zero-order valence-corrected chi connectivity index (χ0v) is 10.8. The van der Waals surface area contributed by atoms with Crippen molar-refractivity contribution in [3.63, 3.8) is 0 Å². The lowest BCUT2D eigenvalue weighted by atomic mass is 10.2. The van der Waals surface area contributed by atoms with Crippen LogP contribution in [0.25, 0.3) is 0 Å². The maximum atomic E-state index is 5.89. The second kappa shape index (κ2) is 5.78. The molecule has 2 heteroatoms. The smallest absolute Gasteiger partial charge is 0.0354 e. The average Bonchev–Trinajstić information content (AvgIpc) is 2.36. The zero-order valence-electron chi connectivity index (χ0n) is 10.0. The van der Waals surface area contributed by atoms with E-state index in [0.29, 0.717) is 0 Å². The summed E-state index contributed by atoms with van der Waals surface area (Å²) >= 11 is 1.88. The van der Waals surface area contributed by atoms with Crippen molar-refractivity contribution < 1.29 is 0 Å². The van der Waals surface area contributed by atoms with Crippen LogP contribution in [0.1, 0.15) is 11.1 Å². The second-order valence-electron chi connectivity index (χ2n) is 4.05. The Bertz CT molecular complexity index is 480.